The van der Waals surface area contributed by atoms with E-state index in [1.165, 1.54) is 18.3 Å². The van der Waals surface area contributed by atoms with Crippen LogP contribution in [-0.2, 0) is 18.3 Å². The van der Waals surface area contributed by atoms with Crippen LogP contribution in [0.15, 0.2) is 78.0 Å². The van der Waals surface area contributed by atoms with Gasteiger partial charge in [-0.25, -0.2) is 19.0 Å². The minimum absolute atomic E-state index is 0.0794. The number of nitrogens with one attached hydrogen (secondary N) is 2. The number of rotatable bonds is 7. The first-order valence-corrected chi connectivity index (χ1v) is 11.0. The summed E-state index contributed by atoms with van der Waals surface area (Å²) in [5, 5.41) is 7.63. The summed E-state index contributed by atoms with van der Waals surface area (Å²) in [6.07, 6.45) is 5.18. The molecule has 1 amide bonds. The number of hydrogen-bond acceptors (Lipinski definition) is 5. The average molecular weight is 471 g/mol. The summed E-state index contributed by atoms with van der Waals surface area (Å²) in [4.78, 5) is 37.1. The van der Waals surface area contributed by atoms with Crippen molar-refractivity contribution in [3.05, 3.63) is 107 Å². The van der Waals surface area contributed by atoms with Crippen molar-refractivity contribution >= 4 is 16.9 Å². The van der Waals surface area contributed by atoms with E-state index >= 15 is 0 Å². The van der Waals surface area contributed by atoms with Gasteiger partial charge >= 0.3 is 0 Å². The predicted octanol–water partition coefficient (Wildman–Crippen LogP) is 2.82. The first kappa shape index (κ1) is 22.2. The Balaban J connectivity index is 1.36. The Kier molecular flexibility index (Phi) is 5.92. The molecular weight excluding hydrogens is 449 g/mol. The number of aromatic amines is 1. The molecule has 0 bridgehead atoms. The summed E-state index contributed by atoms with van der Waals surface area (Å²) < 4.78 is 16.8. The second-order valence-electron chi connectivity index (χ2n) is 8.09. The highest BCUT2D eigenvalue weighted by atomic mass is 19.1. The Labute approximate surface area is 199 Å². The van der Waals surface area contributed by atoms with E-state index in [4.69, 9.17) is 0 Å². The van der Waals surface area contributed by atoms with Crippen LogP contribution < -0.4 is 10.9 Å². The van der Waals surface area contributed by atoms with E-state index in [2.05, 4.69) is 25.4 Å². The molecule has 0 saturated carbocycles. The van der Waals surface area contributed by atoms with Gasteiger partial charge in [0.2, 0.25) is 5.91 Å². The van der Waals surface area contributed by atoms with Gasteiger partial charge in [-0.3, -0.25) is 9.59 Å². The number of aromatic nitrogens is 6. The van der Waals surface area contributed by atoms with E-state index in [1.807, 2.05) is 37.4 Å². The van der Waals surface area contributed by atoms with E-state index in [0.29, 0.717) is 28.2 Å². The van der Waals surface area contributed by atoms with Crippen molar-refractivity contribution < 1.29 is 9.18 Å². The largest absolute Gasteiger partial charge is 0.342 e. The van der Waals surface area contributed by atoms with E-state index in [0.717, 1.165) is 5.69 Å². The zero-order chi connectivity index (χ0) is 24.4. The molecular formula is C25H22FN7O2. The third kappa shape index (κ3) is 4.58. The number of fused-ring (bicyclic) bond motifs is 1. The molecule has 176 valence electrons. The number of hydrogen-bond donors (Lipinski definition) is 2. The van der Waals surface area contributed by atoms with Crippen molar-refractivity contribution in [2.45, 2.75) is 18.9 Å². The molecule has 35 heavy (non-hydrogen) atoms. The highest BCUT2D eigenvalue weighted by molar-refractivity contribution is 5.77. The molecule has 9 nitrogen and oxygen atoms in total. The van der Waals surface area contributed by atoms with Crippen molar-refractivity contribution in [1.29, 1.82) is 0 Å². The van der Waals surface area contributed by atoms with Crippen LogP contribution in [0, 0.1) is 5.82 Å². The molecule has 0 radical (unpaired) electrons. The van der Waals surface area contributed by atoms with Crippen LogP contribution >= 0.6 is 0 Å². The predicted molar refractivity (Wildman–Crippen MR) is 127 cm³/mol. The van der Waals surface area contributed by atoms with Gasteiger partial charge in [0.05, 0.1) is 11.9 Å². The molecule has 0 fully saturated rings. The topological polar surface area (TPSA) is 110 Å². The number of carbonyl (C=O) groups is 1. The standard InChI is InChI=1S/C25H22FN7O2/c1-32-14-13-27-24(32)22(16-7-9-17(26)10-8-16)31-21(34)12-11-20-29-23-19(25(35)30-20)15-28-33(23)18-5-3-2-4-6-18/h2-10,13-15,22H,11-12H2,1H3,(H,31,34)(H,29,30,35)/t22-/m0/s1. The van der Waals surface area contributed by atoms with Gasteiger partial charge < -0.3 is 14.9 Å². The molecule has 5 rings (SSSR count). The van der Waals surface area contributed by atoms with Gasteiger partial charge in [0.25, 0.3) is 5.56 Å². The van der Waals surface area contributed by atoms with Gasteiger partial charge in [0.1, 0.15) is 28.9 Å². The van der Waals surface area contributed by atoms with E-state index < -0.39 is 6.04 Å². The second kappa shape index (κ2) is 9.34. The number of H-pyrrole nitrogens is 1. The molecule has 5 aromatic rings. The molecule has 0 aliphatic heterocycles. The lowest BCUT2D eigenvalue weighted by molar-refractivity contribution is -0.121. The summed E-state index contributed by atoms with van der Waals surface area (Å²) in [5.41, 5.74) is 1.59. The molecule has 0 saturated heterocycles. The summed E-state index contributed by atoms with van der Waals surface area (Å²) >= 11 is 0. The first-order valence-electron chi connectivity index (χ1n) is 11.0. The van der Waals surface area contributed by atoms with Gasteiger partial charge in [-0.05, 0) is 29.8 Å². The molecule has 0 unspecified atom stereocenters. The smallest absolute Gasteiger partial charge is 0.262 e. The summed E-state index contributed by atoms with van der Waals surface area (Å²) in [6, 6.07) is 14.8. The number of para-hydroxylation sites is 1. The maximum absolute atomic E-state index is 13.4. The summed E-state index contributed by atoms with van der Waals surface area (Å²) in [5.74, 6) is 0.371. The molecule has 0 aliphatic rings. The molecule has 0 aliphatic carbocycles. The minimum atomic E-state index is -0.558. The van der Waals surface area contributed by atoms with Crippen molar-refractivity contribution in [2.24, 2.45) is 7.05 Å². The van der Waals surface area contributed by atoms with Crippen LogP contribution in [0.3, 0.4) is 0 Å². The number of carbonyl (C=O) groups excluding carboxylic acids is 1. The maximum Gasteiger partial charge on any atom is 0.262 e. The normalized spacial score (nSPS) is 12.1. The third-order valence-electron chi connectivity index (χ3n) is 5.70. The van der Waals surface area contributed by atoms with Crippen LogP contribution in [0.1, 0.15) is 29.7 Å². The fourth-order valence-corrected chi connectivity index (χ4v) is 3.91. The molecule has 0 spiro atoms. The Morgan fingerprint density at radius 1 is 1.14 bits per heavy atom. The van der Waals surface area contributed by atoms with E-state index in [9.17, 15) is 14.0 Å². The van der Waals surface area contributed by atoms with Crippen LogP contribution in [-0.4, -0.2) is 35.2 Å². The Bertz CT molecular complexity index is 1540. The van der Waals surface area contributed by atoms with Gasteiger partial charge in [-0.2, -0.15) is 5.10 Å². The van der Waals surface area contributed by atoms with Crippen molar-refractivity contribution in [2.75, 3.05) is 0 Å². The molecule has 10 heteroatoms. The molecule has 2 aromatic carbocycles. The zero-order valence-electron chi connectivity index (χ0n) is 18.9. The molecule has 1 atom stereocenters. The monoisotopic (exact) mass is 471 g/mol. The van der Waals surface area contributed by atoms with Crippen molar-refractivity contribution in [3.63, 3.8) is 0 Å². The fourth-order valence-electron chi connectivity index (χ4n) is 3.91. The van der Waals surface area contributed by atoms with Gasteiger partial charge in [-0.1, -0.05) is 30.3 Å². The molecule has 3 aromatic heterocycles. The fraction of sp³-hybridized carbons (Fsp3) is 0.160. The maximum atomic E-state index is 13.4. The zero-order valence-corrected chi connectivity index (χ0v) is 18.9. The van der Waals surface area contributed by atoms with E-state index in [1.54, 1.807) is 33.8 Å². The second-order valence-corrected chi connectivity index (χ2v) is 8.09. The number of aryl methyl sites for hydroxylation is 2. The van der Waals surface area contributed by atoms with Crippen LogP contribution in [0.25, 0.3) is 16.7 Å². The molecule has 2 N–H and O–H groups in total. The quantitative estimate of drug-likeness (QED) is 0.379. The Hall–Kier alpha value is -4.60. The van der Waals surface area contributed by atoms with Crippen molar-refractivity contribution in [3.8, 4) is 5.69 Å². The van der Waals surface area contributed by atoms with Crippen molar-refractivity contribution in [1.82, 2.24) is 34.6 Å². The first-order chi connectivity index (χ1) is 17.0. The van der Waals surface area contributed by atoms with Crippen LogP contribution in [0.4, 0.5) is 4.39 Å². The highest BCUT2D eigenvalue weighted by Crippen LogP contribution is 2.21. The third-order valence-corrected chi connectivity index (χ3v) is 5.70. The molecule has 3 heterocycles. The Morgan fingerprint density at radius 3 is 2.63 bits per heavy atom. The number of amides is 1. The number of nitrogens with zero attached hydrogens (tertiary/aromatic N) is 5. The van der Waals surface area contributed by atoms with Crippen LogP contribution in [0.2, 0.25) is 0 Å². The van der Waals surface area contributed by atoms with Gasteiger partial charge in [0.15, 0.2) is 5.65 Å². The lowest BCUT2D eigenvalue weighted by atomic mass is 10.1. The van der Waals surface area contributed by atoms with Gasteiger partial charge in [-0.15, -0.1) is 0 Å². The number of halogens is 1. The lowest BCUT2D eigenvalue weighted by Gasteiger charge is -2.19. The average Bonchev–Trinajstić information content (AvgIpc) is 3.49. The highest BCUT2D eigenvalue weighted by Gasteiger charge is 2.21. The summed E-state index contributed by atoms with van der Waals surface area (Å²) in [7, 11) is 1.82. The lowest BCUT2D eigenvalue weighted by Crippen LogP contribution is -2.31. The number of imidazole rings is 1. The van der Waals surface area contributed by atoms with Crippen LogP contribution in [0.5, 0.6) is 0 Å². The van der Waals surface area contributed by atoms with Gasteiger partial charge in [0, 0.05) is 32.3 Å². The number of benzene rings is 2. The SMILES string of the molecule is Cn1ccnc1[C@@H](NC(=O)CCc1nc2c(cnn2-c2ccccc2)c(=O)[nH]1)c1ccc(F)cc1. The minimum Gasteiger partial charge on any atom is -0.342 e. The summed E-state index contributed by atoms with van der Waals surface area (Å²) in [6.45, 7) is 0. The Morgan fingerprint density at radius 2 is 1.91 bits per heavy atom. The van der Waals surface area contributed by atoms with E-state index in [-0.39, 0.29) is 30.1 Å².